The Morgan fingerprint density at radius 1 is 0.644 bits per heavy atom. The lowest BCUT2D eigenvalue weighted by molar-refractivity contribution is 0.0730. The van der Waals surface area contributed by atoms with Crippen molar-refractivity contribution >= 4 is 11.9 Å². The molecule has 0 spiro atoms. The molecule has 1 heterocycles. The molecule has 45 heavy (non-hydrogen) atoms. The van der Waals surface area contributed by atoms with Crippen molar-refractivity contribution in [2.24, 2.45) is 0 Å². The average molecular weight is 619 g/mol. The van der Waals surface area contributed by atoms with E-state index in [1.54, 1.807) is 80.8 Å². The second-order valence-electron chi connectivity index (χ2n) is 11.4. The van der Waals surface area contributed by atoms with Crippen molar-refractivity contribution in [2.75, 3.05) is 33.5 Å². The summed E-state index contributed by atoms with van der Waals surface area (Å²) in [6.07, 6.45) is 11.8. The van der Waals surface area contributed by atoms with Crippen molar-refractivity contribution in [3.05, 3.63) is 83.4 Å². The number of hydrogen-bond donors (Lipinski definition) is 0. The zero-order valence-corrected chi connectivity index (χ0v) is 26.6. The lowest BCUT2D eigenvalue weighted by Gasteiger charge is -2.11. The lowest BCUT2D eigenvalue weighted by Crippen LogP contribution is -2.12. The highest BCUT2D eigenvalue weighted by atomic mass is 16.6. The van der Waals surface area contributed by atoms with Gasteiger partial charge in [-0.15, -0.1) is 0 Å². The summed E-state index contributed by atoms with van der Waals surface area (Å²) in [5.74, 6) is 1.25. The number of carbonyl (C=O) groups excluding carboxylic acids is 2. The summed E-state index contributed by atoms with van der Waals surface area (Å²) < 4.78 is 33.0. The van der Waals surface area contributed by atoms with E-state index in [0.717, 1.165) is 63.2 Å². The third-order valence-corrected chi connectivity index (χ3v) is 7.61. The highest BCUT2D eigenvalue weighted by molar-refractivity contribution is 5.93. The molecule has 1 fully saturated rings. The number of benzene rings is 3. The molecule has 8 heteroatoms. The molecule has 3 aromatic carbocycles. The Balaban J connectivity index is 1.15. The molecular formula is C37H46O8. The van der Waals surface area contributed by atoms with Gasteiger partial charge in [-0.1, -0.05) is 38.5 Å². The Kier molecular flexibility index (Phi) is 14.2. The minimum Gasteiger partial charge on any atom is -0.494 e. The van der Waals surface area contributed by atoms with Crippen molar-refractivity contribution in [3.63, 3.8) is 0 Å². The third-order valence-electron chi connectivity index (χ3n) is 7.61. The van der Waals surface area contributed by atoms with E-state index in [4.69, 9.17) is 28.4 Å². The first-order valence-corrected chi connectivity index (χ1v) is 16.1. The van der Waals surface area contributed by atoms with Gasteiger partial charge in [-0.05, 0) is 105 Å². The molecule has 0 radical (unpaired) electrons. The molecule has 1 aliphatic rings. The molecule has 0 amide bonds. The van der Waals surface area contributed by atoms with Crippen LogP contribution in [0, 0.1) is 6.92 Å². The molecule has 1 aliphatic heterocycles. The Labute approximate surface area is 266 Å². The van der Waals surface area contributed by atoms with E-state index in [1.807, 2.05) is 0 Å². The maximum absolute atomic E-state index is 12.8. The van der Waals surface area contributed by atoms with E-state index in [1.165, 1.54) is 25.7 Å². The average Bonchev–Trinajstić information content (AvgIpc) is 3.87. The van der Waals surface area contributed by atoms with Gasteiger partial charge in [0, 0.05) is 13.7 Å². The number of methoxy groups -OCH3 is 1. The van der Waals surface area contributed by atoms with E-state index in [-0.39, 0.29) is 0 Å². The molecule has 0 bridgehead atoms. The topological polar surface area (TPSA) is 92.8 Å². The van der Waals surface area contributed by atoms with E-state index >= 15 is 0 Å². The van der Waals surface area contributed by atoms with Gasteiger partial charge < -0.3 is 28.4 Å². The quantitative estimate of drug-likeness (QED) is 0.0511. The highest BCUT2D eigenvalue weighted by Crippen LogP contribution is 2.23. The largest absolute Gasteiger partial charge is 0.494 e. The number of unbranched alkanes of at least 4 members (excludes halogenated alkanes) is 7. The van der Waals surface area contributed by atoms with Gasteiger partial charge in [-0.3, -0.25) is 0 Å². The second kappa shape index (κ2) is 18.8. The van der Waals surface area contributed by atoms with Crippen LogP contribution in [0.15, 0.2) is 66.7 Å². The number of epoxide rings is 1. The van der Waals surface area contributed by atoms with Crippen LogP contribution in [0.3, 0.4) is 0 Å². The summed E-state index contributed by atoms with van der Waals surface area (Å²) >= 11 is 0. The van der Waals surface area contributed by atoms with Crippen LogP contribution in [0.5, 0.6) is 23.0 Å². The zero-order chi connectivity index (χ0) is 31.7. The molecular weight excluding hydrogens is 572 g/mol. The fourth-order valence-electron chi connectivity index (χ4n) is 4.87. The predicted molar refractivity (Wildman–Crippen MR) is 173 cm³/mol. The summed E-state index contributed by atoms with van der Waals surface area (Å²) in [7, 11) is 1.73. The van der Waals surface area contributed by atoms with E-state index in [9.17, 15) is 9.59 Å². The van der Waals surface area contributed by atoms with Gasteiger partial charge in [0.1, 0.15) is 23.0 Å². The molecule has 0 N–H and O–H groups in total. The summed E-state index contributed by atoms with van der Waals surface area (Å²) in [6, 6.07) is 18.8. The Bertz CT molecular complexity index is 1320. The molecule has 1 unspecified atom stereocenters. The standard InChI is InChI=1S/C37H46O8/c1-28-26-33(45-36(38)29-13-15-30(16-14-29)41-25-11-7-4-8-12-34-27-43-34)21-22-35(28)37(39)44-32-19-17-31(18-20-32)42-24-10-6-3-5-9-23-40-2/h13-22,26,34H,3-12,23-25,27H2,1-2H3. The van der Waals surface area contributed by atoms with Crippen LogP contribution in [0.4, 0.5) is 0 Å². The number of hydrogen-bond acceptors (Lipinski definition) is 8. The van der Waals surface area contributed by atoms with Crippen molar-refractivity contribution < 1.29 is 38.0 Å². The van der Waals surface area contributed by atoms with Crippen LogP contribution < -0.4 is 18.9 Å². The van der Waals surface area contributed by atoms with E-state index < -0.39 is 11.9 Å². The second-order valence-corrected chi connectivity index (χ2v) is 11.4. The van der Waals surface area contributed by atoms with Gasteiger partial charge in [-0.2, -0.15) is 0 Å². The minimum absolute atomic E-state index is 0.346. The van der Waals surface area contributed by atoms with Crippen molar-refractivity contribution in [2.45, 2.75) is 77.2 Å². The van der Waals surface area contributed by atoms with E-state index in [2.05, 4.69) is 0 Å². The summed E-state index contributed by atoms with van der Waals surface area (Å²) in [5, 5.41) is 0. The first kappa shape index (κ1) is 34.0. The fraction of sp³-hybridized carbons (Fsp3) is 0.459. The Morgan fingerprint density at radius 3 is 1.76 bits per heavy atom. The number of esters is 2. The molecule has 242 valence electrons. The number of carbonyl (C=O) groups is 2. The number of ether oxygens (including phenoxy) is 6. The van der Waals surface area contributed by atoms with E-state index in [0.29, 0.717) is 47.5 Å². The molecule has 0 aliphatic carbocycles. The van der Waals surface area contributed by atoms with Crippen LogP contribution in [-0.2, 0) is 9.47 Å². The lowest BCUT2D eigenvalue weighted by atomic mass is 10.1. The highest BCUT2D eigenvalue weighted by Gasteiger charge is 2.21. The molecule has 3 aromatic rings. The van der Waals surface area contributed by atoms with Gasteiger partial charge in [0.15, 0.2) is 0 Å². The van der Waals surface area contributed by atoms with Crippen LogP contribution in [-0.4, -0.2) is 51.6 Å². The molecule has 8 nitrogen and oxygen atoms in total. The fourth-order valence-corrected chi connectivity index (χ4v) is 4.87. The van der Waals surface area contributed by atoms with Gasteiger partial charge >= 0.3 is 11.9 Å². The molecule has 1 atom stereocenters. The first-order chi connectivity index (χ1) is 22.0. The minimum atomic E-state index is -0.490. The molecule has 1 saturated heterocycles. The van der Waals surface area contributed by atoms with Crippen molar-refractivity contribution in [3.8, 4) is 23.0 Å². The van der Waals surface area contributed by atoms with Crippen molar-refractivity contribution in [1.82, 2.24) is 0 Å². The van der Waals surface area contributed by atoms with Crippen LogP contribution in [0.1, 0.15) is 90.5 Å². The smallest absolute Gasteiger partial charge is 0.343 e. The maximum atomic E-state index is 12.8. The van der Waals surface area contributed by atoms with Crippen molar-refractivity contribution in [1.29, 1.82) is 0 Å². The van der Waals surface area contributed by atoms with Crippen LogP contribution in [0.25, 0.3) is 0 Å². The summed E-state index contributed by atoms with van der Waals surface area (Å²) in [6.45, 7) is 4.82. The summed E-state index contributed by atoms with van der Waals surface area (Å²) in [4.78, 5) is 25.5. The summed E-state index contributed by atoms with van der Waals surface area (Å²) in [5.41, 5.74) is 1.44. The predicted octanol–water partition coefficient (Wildman–Crippen LogP) is 8.14. The molecule has 4 rings (SSSR count). The number of rotatable bonds is 21. The molecule has 0 aromatic heterocycles. The van der Waals surface area contributed by atoms with Gasteiger partial charge in [-0.25, -0.2) is 9.59 Å². The van der Waals surface area contributed by atoms with Gasteiger partial charge in [0.05, 0.1) is 37.1 Å². The Hall–Kier alpha value is -3.88. The SMILES string of the molecule is COCCCCCCCOc1ccc(OC(=O)c2ccc(OC(=O)c3ccc(OCCCCCCC4CO4)cc3)cc2C)cc1. The van der Waals surface area contributed by atoms with Gasteiger partial charge in [0.25, 0.3) is 0 Å². The molecule has 0 saturated carbocycles. The normalized spacial score (nSPS) is 13.7. The maximum Gasteiger partial charge on any atom is 0.343 e. The van der Waals surface area contributed by atoms with Gasteiger partial charge in [0.2, 0.25) is 0 Å². The third kappa shape index (κ3) is 12.6. The van der Waals surface area contributed by atoms with Crippen LogP contribution >= 0.6 is 0 Å². The number of aryl methyl sites for hydroxylation is 1. The Morgan fingerprint density at radius 2 is 1.16 bits per heavy atom. The first-order valence-electron chi connectivity index (χ1n) is 16.1. The monoisotopic (exact) mass is 618 g/mol. The zero-order valence-electron chi connectivity index (χ0n) is 26.6. The van der Waals surface area contributed by atoms with Crippen LogP contribution in [0.2, 0.25) is 0 Å².